The van der Waals surface area contributed by atoms with Crippen LogP contribution in [-0.2, 0) is 13.0 Å². The molecule has 0 amide bonds. The number of nitrogens with zero attached hydrogens (tertiary/aromatic N) is 3. The second-order valence-electron chi connectivity index (χ2n) is 5.43. The Bertz CT molecular complexity index is 761. The summed E-state index contributed by atoms with van der Waals surface area (Å²) in [5.74, 6) is -1.58. The van der Waals surface area contributed by atoms with Crippen LogP contribution in [0.25, 0.3) is 11.3 Å². The molecule has 0 atom stereocenters. The van der Waals surface area contributed by atoms with E-state index in [1.165, 1.54) is 4.68 Å². The number of hydrogen-bond donors (Lipinski definition) is 3. The molecule has 4 N–H and O–H groups in total. The van der Waals surface area contributed by atoms with E-state index in [2.05, 4.69) is 10.3 Å². The summed E-state index contributed by atoms with van der Waals surface area (Å²) in [5, 5.41) is 38.8. The molecule has 0 unspecified atom stereocenters. The second kappa shape index (κ2) is 5.65. The first-order valence-electron chi connectivity index (χ1n) is 7.18. The van der Waals surface area contributed by atoms with Crippen LogP contribution >= 0.6 is 0 Å². The molecule has 0 radical (unpaired) electrons. The molecule has 3 rings (SSSR count). The average molecular weight is 318 g/mol. The number of carboxylic acid groups (broad SMARTS) is 1. The van der Waals surface area contributed by atoms with Gasteiger partial charge < -0.3 is 30.3 Å². The fraction of sp³-hybridized carbons (Fsp3) is 0.308. The van der Waals surface area contributed by atoms with Crippen molar-refractivity contribution in [3.05, 3.63) is 29.5 Å². The summed E-state index contributed by atoms with van der Waals surface area (Å²) >= 11 is 0. The molecule has 0 fully saturated rings. The van der Waals surface area contributed by atoms with E-state index in [1.54, 1.807) is 18.3 Å². The van der Waals surface area contributed by atoms with E-state index < -0.39 is 12.7 Å². The van der Waals surface area contributed by atoms with Gasteiger partial charge in [-0.3, -0.25) is 4.68 Å². The largest absolute Gasteiger partial charge is 0.669 e. The van der Waals surface area contributed by atoms with E-state index in [9.17, 15) is 19.9 Å². The van der Waals surface area contributed by atoms with Crippen LogP contribution in [0.5, 0.6) is 5.75 Å². The first-order valence-corrected chi connectivity index (χ1v) is 7.18. The van der Waals surface area contributed by atoms with Gasteiger partial charge >= 0.3 is 6.75 Å². The Hall–Kier alpha value is -2.43. The summed E-state index contributed by atoms with van der Waals surface area (Å²) in [6, 6.07) is 3.25. The minimum atomic E-state index is -3.08. The van der Waals surface area contributed by atoms with E-state index in [-0.39, 0.29) is 23.2 Å². The van der Waals surface area contributed by atoms with Crippen molar-refractivity contribution < 1.29 is 24.6 Å². The highest BCUT2D eigenvalue weighted by Crippen LogP contribution is 2.37. The maximum absolute atomic E-state index is 11.6. The molecule has 10 heteroatoms. The van der Waals surface area contributed by atoms with Crippen molar-refractivity contribution in [1.82, 2.24) is 15.0 Å². The molecule has 0 spiro atoms. The molecule has 0 bridgehead atoms. The third-order valence-electron chi connectivity index (χ3n) is 3.71. The van der Waals surface area contributed by atoms with Crippen molar-refractivity contribution in [1.29, 1.82) is 0 Å². The lowest BCUT2D eigenvalue weighted by Crippen LogP contribution is -2.46. The van der Waals surface area contributed by atoms with E-state index >= 15 is 0 Å². The molecule has 0 saturated carbocycles. The molecular formula is C13H15BN4O5-2. The zero-order chi connectivity index (χ0) is 16.6. The first-order chi connectivity index (χ1) is 10.9. The quantitative estimate of drug-likeness (QED) is 0.555. The molecule has 2 aromatic rings. The highest BCUT2D eigenvalue weighted by molar-refractivity contribution is 6.59. The van der Waals surface area contributed by atoms with Gasteiger partial charge in [0.1, 0.15) is 5.69 Å². The van der Waals surface area contributed by atoms with E-state index in [0.29, 0.717) is 30.8 Å². The van der Waals surface area contributed by atoms with Crippen LogP contribution in [-0.4, -0.2) is 44.3 Å². The Kier molecular flexibility index (Phi) is 3.80. The number of benzene rings is 1. The van der Waals surface area contributed by atoms with Gasteiger partial charge in [-0.05, 0) is 12.0 Å². The van der Waals surface area contributed by atoms with E-state index in [1.807, 2.05) is 0 Å². The summed E-state index contributed by atoms with van der Waals surface area (Å²) in [6.07, 6.45) is 1.86. The highest BCUT2D eigenvalue weighted by Gasteiger charge is 2.31. The summed E-state index contributed by atoms with van der Waals surface area (Å²) < 4.78 is 6.59. The maximum atomic E-state index is 11.6. The lowest BCUT2D eigenvalue weighted by Gasteiger charge is -2.38. The summed E-state index contributed by atoms with van der Waals surface area (Å²) in [4.78, 5) is 11.6. The second-order valence-corrected chi connectivity index (χ2v) is 5.43. The number of rotatable bonds is 4. The van der Waals surface area contributed by atoms with Crippen molar-refractivity contribution in [2.45, 2.75) is 19.3 Å². The monoisotopic (exact) mass is 318 g/mol. The average Bonchev–Trinajstić information content (AvgIpc) is 2.93. The minimum Gasteiger partial charge on any atom is -0.669 e. The standard InChI is InChI=1S/C13H16BN4O5/c15-5-6-18-7-10(16-17-18)9-2-1-8-3-4-14(21,22)23-12(8)11(9)13(19)20/h1-2,7,21-22H,3-6,15H2,(H,19,20)/q-1/p-1. The van der Waals surface area contributed by atoms with Gasteiger partial charge in [0, 0.05) is 17.7 Å². The fourth-order valence-electron chi connectivity index (χ4n) is 2.63. The van der Waals surface area contributed by atoms with E-state index in [4.69, 9.17) is 10.4 Å². The maximum Gasteiger partial charge on any atom is 0.430 e. The van der Waals surface area contributed by atoms with Gasteiger partial charge in [0.05, 0.1) is 24.5 Å². The Morgan fingerprint density at radius 3 is 2.96 bits per heavy atom. The van der Waals surface area contributed by atoms with Gasteiger partial charge in [-0.1, -0.05) is 23.7 Å². The van der Waals surface area contributed by atoms with Gasteiger partial charge in [0.2, 0.25) is 0 Å². The topological polar surface area (TPSA) is 147 Å². The van der Waals surface area contributed by atoms with Gasteiger partial charge in [-0.25, -0.2) is 0 Å². The summed E-state index contributed by atoms with van der Waals surface area (Å²) in [6.45, 7) is -2.28. The lowest BCUT2D eigenvalue weighted by molar-refractivity contribution is -0.255. The number of carbonyl (C=O) groups excluding carboxylic acids is 1. The van der Waals surface area contributed by atoms with Crippen molar-refractivity contribution in [3.8, 4) is 17.0 Å². The number of nitrogens with two attached hydrogens (primary N) is 1. The molecule has 1 aromatic heterocycles. The molecule has 1 aromatic carbocycles. The van der Waals surface area contributed by atoms with Gasteiger partial charge in [0.15, 0.2) is 0 Å². The Morgan fingerprint density at radius 2 is 2.26 bits per heavy atom. The predicted octanol–water partition coefficient (Wildman–Crippen LogP) is -1.87. The Morgan fingerprint density at radius 1 is 1.48 bits per heavy atom. The van der Waals surface area contributed by atoms with Crippen molar-refractivity contribution in [2.24, 2.45) is 5.73 Å². The molecule has 1 aliphatic heterocycles. The number of aromatic nitrogens is 3. The van der Waals surface area contributed by atoms with Crippen LogP contribution in [0.4, 0.5) is 0 Å². The zero-order valence-electron chi connectivity index (χ0n) is 12.2. The number of carbonyl (C=O) groups is 1. The predicted molar refractivity (Wildman–Crippen MR) is 78.2 cm³/mol. The number of aryl methyl sites for hydroxylation is 1. The third-order valence-corrected chi connectivity index (χ3v) is 3.71. The van der Waals surface area contributed by atoms with Gasteiger partial charge in [-0.15, -0.1) is 5.10 Å². The summed E-state index contributed by atoms with van der Waals surface area (Å²) in [5.41, 5.74) is 6.29. The SMILES string of the molecule is NCCn1cc(-c2ccc3c(c2C(=O)[O-])O[B-](O)(O)CC3)nn1. The van der Waals surface area contributed by atoms with Crippen LogP contribution in [0.3, 0.4) is 0 Å². The van der Waals surface area contributed by atoms with Crippen LogP contribution in [0.2, 0.25) is 6.32 Å². The molecule has 1 aliphatic rings. The number of fused-ring (bicyclic) bond motifs is 1. The molecule has 122 valence electrons. The number of hydrogen-bond acceptors (Lipinski definition) is 8. The molecule has 0 saturated heterocycles. The van der Waals surface area contributed by atoms with Crippen molar-refractivity contribution in [3.63, 3.8) is 0 Å². The minimum absolute atomic E-state index is 0.00547. The van der Waals surface area contributed by atoms with Gasteiger partial charge in [-0.2, -0.15) is 0 Å². The highest BCUT2D eigenvalue weighted by atomic mass is 16.6. The van der Waals surface area contributed by atoms with Crippen molar-refractivity contribution >= 4 is 12.7 Å². The smallest absolute Gasteiger partial charge is 0.430 e. The van der Waals surface area contributed by atoms with Gasteiger partial charge in [0.25, 0.3) is 0 Å². The first kappa shape index (κ1) is 15.5. The van der Waals surface area contributed by atoms with Crippen LogP contribution in [0.15, 0.2) is 18.3 Å². The molecule has 2 heterocycles. The Labute approximate surface area is 131 Å². The number of aromatic carboxylic acids is 1. The third kappa shape index (κ3) is 2.91. The zero-order valence-corrected chi connectivity index (χ0v) is 12.2. The molecule has 0 aliphatic carbocycles. The summed E-state index contributed by atoms with van der Waals surface area (Å²) in [7, 11) is 0. The van der Waals surface area contributed by atoms with Crippen LogP contribution in [0, 0.1) is 0 Å². The number of carboxylic acids is 1. The fourth-order valence-corrected chi connectivity index (χ4v) is 2.63. The lowest BCUT2D eigenvalue weighted by atomic mass is 9.70. The van der Waals surface area contributed by atoms with Crippen molar-refractivity contribution in [2.75, 3.05) is 6.54 Å². The molecular weight excluding hydrogens is 303 g/mol. The molecule has 9 nitrogen and oxygen atoms in total. The van der Waals surface area contributed by atoms with Crippen LogP contribution in [0.1, 0.15) is 15.9 Å². The normalized spacial score (nSPS) is 15.8. The van der Waals surface area contributed by atoms with E-state index in [0.717, 1.165) is 0 Å². The molecule has 23 heavy (non-hydrogen) atoms. The van der Waals surface area contributed by atoms with Crippen LogP contribution < -0.4 is 15.5 Å². The Balaban J connectivity index is 2.12.